The second kappa shape index (κ2) is 7.65. The van der Waals surface area contributed by atoms with E-state index in [1.807, 2.05) is 19.1 Å². The van der Waals surface area contributed by atoms with E-state index in [1.54, 1.807) is 0 Å². The quantitative estimate of drug-likeness (QED) is 0.828. The number of rotatable bonds is 4. The normalized spacial score (nSPS) is 20.8. The predicted molar refractivity (Wildman–Crippen MR) is 103 cm³/mol. The summed E-state index contributed by atoms with van der Waals surface area (Å²) in [5, 5.41) is 18.5. The van der Waals surface area contributed by atoms with Crippen LogP contribution in [0.3, 0.4) is 0 Å². The van der Waals surface area contributed by atoms with Crippen LogP contribution in [0.1, 0.15) is 54.5 Å². The van der Waals surface area contributed by atoms with Crippen LogP contribution in [-0.4, -0.2) is 50.8 Å². The maximum Gasteiger partial charge on any atom is 0.146 e. The molecule has 0 amide bonds. The molecule has 2 aromatic heterocycles. The van der Waals surface area contributed by atoms with Crippen molar-refractivity contribution in [3.63, 3.8) is 0 Å². The Morgan fingerprint density at radius 1 is 1.15 bits per heavy atom. The van der Waals surface area contributed by atoms with Crippen LogP contribution in [0.2, 0.25) is 0 Å². The first-order valence-corrected chi connectivity index (χ1v) is 9.89. The highest BCUT2D eigenvalue weighted by Gasteiger charge is 2.28. The molecule has 142 valence electrons. The minimum atomic E-state index is 0.317. The fourth-order valence-electron chi connectivity index (χ4n) is 4.26. The topological polar surface area (TPSA) is 73.9 Å². The first-order valence-electron chi connectivity index (χ1n) is 9.89. The Balaban J connectivity index is 1.53. The minimum absolute atomic E-state index is 0.317. The molecule has 1 atom stereocenters. The molecule has 2 fully saturated rings. The molecule has 0 N–H and O–H groups in total. The van der Waals surface area contributed by atoms with Crippen molar-refractivity contribution >= 4 is 5.82 Å². The number of hydrogen-bond acceptors (Lipinski definition) is 6. The third-order valence-electron chi connectivity index (χ3n) is 5.78. The summed E-state index contributed by atoms with van der Waals surface area (Å²) in [7, 11) is 2.09. The van der Waals surface area contributed by atoms with Crippen LogP contribution in [-0.2, 0) is 13.6 Å². The summed E-state index contributed by atoms with van der Waals surface area (Å²) in [6.45, 7) is 6.95. The van der Waals surface area contributed by atoms with Gasteiger partial charge in [-0.2, -0.15) is 5.26 Å². The van der Waals surface area contributed by atoms with Crippen molar-refractivity contribution in [3.8, 4) is 6.07 Å². The molecule has 7 heteroatoms. The van der Waals surface area contributed by atoms with Gasteiger partial charge in [0.2, 0.25) is 0 Å². The van der Waals surface area contributed by atoms with Gasteiger partial charge >= 0.3 is 0 Å². The lowest BCUT2D eigenvalue weighted by molar-refractivity contribution is 0.317. The summed E-state index contributed by atoms with van der Waals surface area (Å²) >= 11 is 0. The fraction of sp³-hybridized carbons (Fsp3) is 0.600. The summed E-state index contributed by atoms with van der Waals surface area (Å²) in [4.78, 5) is 9.35. The van der Waals surface area contributed by atoms with E-state index < -0.39 is 0 Å². The van der Waals surface area contributed by atoms with Crippen LogP contribution in [0.15, 0.2) is 12.1 Å². The molecule has 4 rings (SSSR count). The molecule has 0 bridgehead atoms. The standard InChI is InChI=1S/C20H27N7/c1-15-7-8-16(12-21)19(22-15)27-11-5-6-17(13-27)20-24-23-18(25(20)2)14-26-9-3-4-10-26/h7-8,17H,3-6,9-11,13-14H2,1-2H3. The summed E-state index contributed by atoms with van der Waals surface area (Å²) < 4.78 is 2.18. The average Bonchev–Trinajstić information content (AvgIpc) is 3.33. The van der Waals surface area contributed by atoms with Crippen molar-refractivity contribution in [1.29, 1.82) is 5.26 Å². The van der Waals surface area contributed by atoms with Gasteiger partial charge < -0.3 is 9.47 Å². The van der Waals surface area contributed by atoms with Gasteiger partial charge in [0.05, 0.1) is 12.1 Å². The first-order chi connectivity index (χ1) is 13.2. The maximum atomic E-state index is 9.46. The van der Waals surface area contributed by atoms with Crippen molar-refractivity contribution in [2.45, 2.75) is 45.1 Å². The molecule has 7 nitrogen and oxygen atoms in total. The van der Waals surface area contributed by atoms with Crippen LogP contribution in [0, 0.1) is 18.3 Å². The molecule has 1 unspecified atom stereocenters. The smallest absolute Gasteiger partial charge is 0.146 e. The largest absolute Gasteiger partial charge is 0.355 e. The lowest BCUT2D eigenvalue weighted by Crippen LogP contribution is -2.36. The maximum absolute atomic E-state index is 9.46. The van der Waals surface area contributed by atoms with Gasteiger partial charge in [-0.25, -0.2) is 4.98 Å². The van der Waals surface area contributed by atoms with Crippen molar-refractivity contribution in [3.05, 3.63) is 35.0 Å². The number of anilines is 1. The third kappa shape index (κ3) is 3.67. The van der Waals surface area contributed by atoms with Gasteiger partial charge in [0.15, 0.2) is 0 Å². The Labute approximate surface area is 160 Å². The zero-order valence-corrected chi connectivity index (χ0v) is 16.2. The van der Waals surface area contributed by atoms with E-state index in [0.29, 0.717) is 11.5 Å². The van der Waals surface area contributed by atoms with Gasteiger partial charge in [-0.15, -0.1) is 10.2 Å². The number of piperidine rings is 1. The van der Waals surface area contributed by atoms with E-state index in [0.717, 1.165) is 68.7 Å². The Kier molecular flexibility index (Phi) is 5.08. The van der Waals surface area contributed by atoms with E-state index in [1.165, 1.54) is 12.8 Å². The number of nitrogens with zero attached hydrogens (tertiary/aromatic N) is 7. The molecule has 0 saturated carbocycles. The van der Waals surface area contributed by atoms with E-state index in [9.17, 15) is 5.26 Å². The summed E-state index contributed by atoms with van der Waals surface area (Å²) in [5.41, 5.74) is 1.59. The Hall–Kier alpha value is -2.46. The number of pyridine rings is 1. The highest BCUT2D eigenvalue weighted by molar-refractivity contribution is 5.54. The van der Waals surface area contributed by atoms with Crippen LogP contribution < -0.4 is 4.90 Å². The van der Waals surface area contributed by atoms with Gasteiger partial charge in [-0.3, -0.25) is 4.90 Å². The first kappa shape index (κ1) is 17.9. The molecule has 2 aliphatic heterocycles. The predicted octanol–water partition coefficient (Wildman–Crippen LogP) is 2.37. The number of likely N-dealkylation sites (tertiary alicyclic amines) is 1. The minimum Gasteiger partial charge on any atom is -0.355 e. The summed E-state index contributed by atoms with van der Waals surface area (Å²) in [6.07, 6.45) is 4.74. The number of nitriles is 1. The van der Waals surface area contributed by atoms with E-state index in [4.69, 9.17) is 0 Å². The zero-order chi connectivity index (χ0) is 18.8. The molecular weight excluding hydrogens is 338 g/mol. The van der Waals surface area contributed by atoms with Crippen molar-refractivity contribution in [1.82, 2.24) is 24.6 Å². The number of hydrogen-bond donors (Lipinski definition) is 0. The van der Waals surface area contributed by atoms with Gasteiger partial charge in [0.1, 0.15) is 23.5 Å². The number of aromatic nitrogens is 4. The van der Waals surface area contributed by atoms with E-state index in [-0.39, 0.29) is 0 Å². The zero-order valence-electron chi connectivity index (χ0n) is 16.2. The molecule has 0 radical (unpaired) electrons. The fourth-order valence-corrected chi connectivity index (χ4v) is 4.26. The van der Waals surface area contributed by atoms with Gasteiger partial charge in [-0.1, -0.05) is 0 Å². The van der Waals surface area contributed by atoms with Crippen molar-refractivity contribution in [2.75, 3.05) is 31.1 Å². The van der Waals surface area contributed by atoms with E-state index in [2.05, 4.69) is 42.7 Å². The van der Waals surface area contributed by atoms with Gasteiger partial charge in [0, 0.05) is 31.7 Å². The highest BCUT2D eigenvalue weighted by Crippen LogP contribution is 2.30. The molecule has 4 heterocycles. The summed E-state index contributed by atoms with van der Waals surface area (Å²) in [5.74, 6) is 3.23. The Morgan fingerprint density at radius 2 is 1.96 bits per heavy atom. The lowest BCUT2D eigenvalue weighted by Gasteiger charge is -2.33. The number of aryl methyl sites for hydroxylation is 1. The second-order valence-electron chi connectivity index (χ2n) is 7.74. The summed E-state index contributed by atoms with van der Waals surface area (Å²) in [6, 6.07) is 6.06. The molecular formula is C20H27N7. The SMILES string of the molecule is Cc1ccc(C#N)c(N2CCCC(c3nnc(CN4CCCC4)n3C)C2)n1. The average molecular weight is 365 g/mol. The molecule has 2 aliphatic rings. The van der Waals surface area contributed by atoms with Crippen LogP contribution in [0.25, 0.3) is 0 Å². The van der Waals surface area contributed by atoms with Crippen molar-refractivity contribution < 1.29 is 0 Å². The molecule has 0 spiro atoms. The molecule has 0 aliphatic carbocycles. The van der Waals surface area contributed by atoms with E-state index >= 15 is 0 Å². The molecule has 2 saturated heterocycles. The Bertz CT molecular complexity index is 845. The van der Waals surface area contributed by atoms with Crippen LogP contribution in [0.5, 0.6) is 0 Å². The molecule has 2 aromatic rings. The van der Waals surface area contributed by atoms with Gasteiger partial charge in [0.25, 0.3) is 0 Å². The Morgan fingerprint density at radius 3 is 2.74 bits per heavy atom. The second-order valence-corrected chi connectivity index (χ2v) is 7.74. The molecule has 0 aromatic carbocycles. The third-order valence-corrected chi connectivity index (χ3v) is 5.78. The van der Waals surface area contributed by atoms with Crippen LogP contribution in [0.4, 0.5) is 5.82 Å². The van der Waals surface area contributed by atoms with Crippen molar-refractivity contribution in [2.24, 2.45) is 7.05 Å². The lowest BCUT2D eigenvalue weighted by atomic mass is 9.96. The monoisotopic (exact) mass is 365 g/mol. The highest BCUT2D eigenvalue weighted by atomic mass is 15.3. The molecule has 27 heavy (non-hydrogen) atoms. The van der Waals surface area contributed by atoms with Crippen LogP contribution >= 0.6 is 0 Å². The van der Waals surface area contributed by atoms with Gasteiger partial charge in [-0.05, 0) is 57.8 Å².